The van der Waals surface area contributed by atoms with E-state index >= 15 is 0 Å². The molecule has 84 valence electrons. The highest BCUT2D eigenvalue weighted by molar-refractivity contribution is 8.00. The molecule has 2 atom stereocenters. The van der Waals surface area contributed by atoms with Crippen LogP contribution >= 0.6 is 11.8 Å². The summed E-state index contributed by atoms with van der Waals surface area (Å²) in [4.78, 5) is 12.8. The fourth-order valence-electron chi connectivity index (χ4n) is 1.73. The molecule has 0 aliphatic carbocycles. The monoisotopic (exact) mass is 234 g/mol. The van der Waals surface area contributed by atoms with Crippen molar-refractivity contribution in [2.24, 2.45) is 5.92 Å². The molecule has 3 heteroatoms. The quantitative estimate of drug-likeness (QED) is 0.594. The van der Waals surface area contributed by atoms with Gasteiger partial charge in [0.25, 0.3) is 0 Å². The normalized spacial score (nSPS) is 24.9. The molecule has 1 saturated heterocycles. The van der Waals surface area contributed by atoms with Crippen molar-refractivity contribution in [1.29, 1.82) is 0 Å². The molecule has 0 bridgehead atoms. The van der Waals surface area contributed by atoms with Gasteiger partial charge in [0.15, 0.2) is 0 Å². The van der Waals surface area contributed by atoms with E-state index in [4.69, 9.17) is 4.74 Å². The van der Waals surface area contributed by atoms with Crippen LogP contribution in [0.25, 0.3) is 0 Å². The number of benzene rings is 1. The standard InChI is InChI=1S/C13H14O2S/c1-2-10-8-9-15-13(14)12(10)16-11-6-4-3-5-7-11/h2-7,10,12H,1,8-9H2/t10-,12-/m0/s1. The molecule has 1 aliphatic rings. The lowest BCUT2D eigenvalue weighted by Gasteiger charge is -2.27. The summed E-state index contributed by atoms with van der Waals surface area (Å²) in [6.07, 6.45) is 2.74. The van der Waals surface area contributed by atoms with Crippen LogP contribution in [0.2, 0.25) is 0 Å². The first-order valence-corrected chi connectivity index (χ1v) is 6.20. The molecular formula is C13H14O2S. The van der Waals surface area contributed by atoms with Crippen LogP contribution < -0.4 is 0 Å². The molecular weight excluding hydrogens is 220 g/mol. The Morgan fingerprint density at radius 1 is 1.38 bits per heavy atom. The van der Waals surface area contributed by atoms with Crippen molar-refractivity contribution in [2.45, 2.75) is 16.6 Å². The van der Waals surface area contributed by atoms with Crippen molar-refractivity contribution >= 4 is 17.7 Å². The van der Waals surface area contributed by atoms with Crippen LogP contribution in [0.15, 0.2) is 47.9 Å². The summed E-state index contributed by atoms with van der Waals surface area (Å²) in [5.41, 5.74) is 0. The van der Waals surface area contributed by atoms with Crippen LogP contribution in [0, 0.1) is 5.92 Å². The maximum atomic E-state index is 11.7. The molecule has 0 radical (unpaired) electrons. The van der Waals surface area contributed by atoms with Crippen molar-refractivity contribution in [2.75, 3.05) is 6.61 Å². The summed E-state index contributed by atoms with van der Waals surface area (Å²) in [5, 5.41) is -0.145. The molecule has 0 spiro atoms. The molecule has 1 fully saturated rings. The van der Waals surface area contributed by atoms with Gasteiger partial charge in [-0.15, -0.1) is 18.3 Å². The van der Waals surface area contributed by atoms with Gasteiger partial charge in [-0.2, -0.15) is 0 Å². The molecule has 0 aromatic heterocycles. The molecule has 0 N–H and O–H groups in total. The number of hydrogen-bond acceptors (Lipinski definition) is 3. The van der Waals surface area contributed by atoms with E-state index in [2.05, 4.69) is 6.58 Å². The predicted octanol–water partition coefficient (Wildman–Crippen LogP) is 2.90. The Morgan fingerprint density at radius 3 is 2.81 bits per heavy atom. The molecule has 1 aromatic carbocycles. The van der Waals surface area contributed by atoms with Gasteiger partial charge in [-0.05, 0) is 18.6 Å². The number of rotatable bonds is 3. The van der Waals surface area contributed by atoms with E-state index in [-0.39, 0.29) is 17.1 Å². The van der Waals surface area contributed by atoms with Crippen molar-refractivity contribution in [3.8, 4) is 0 Å². The van der Waals surface area contributed by atoms with Gasteiger partial charge in [-0.3, -0.25) is 4.79 Å². The van der Waals surface area contributed by atoms with Crippen LogP contribution in [0.5, 0.6) is 0 Å². The van der Waals surface area contributed by atoms with E-state index in [9.17, 15) is 4.79 Å². The average molecular weight is 234 g/mol. The Balaban J connectivity index is 2.11. The number of carbonyl (C=O) groups is 1. The van der Waals surface area contributed by atoms with Crippen molar-refractivity contribution in [3.63, 3.8) is 0 Å². The second-order valence-electron chi connectivity index (χ2n) is 3.71. The summed E-state index contributed by atoms with van der Waals surface area (Å²) in [6, 6.07) is 9.92. The van der Waals surface area contributed by atoms with Gasteiger partial charge >= 0.3 is 5.97 Å². The molecule has 0 saturated carbocycles. The zero-order chi connectivity index (χ0) is 11.4. The lowest BCUT2D eigenvalue weighted by Crippen LogP contribution is -2.33. The Kier molecular flexibility index (Phi) is 3.67. The molecule has 1 aromatic rings. The summed E-state index contributed by atoms with van der Waals surface area (Å²) in [6.45, 7) is 4.30. The van der Waals surface area contributed by atoms with Crippen LogP contribution in [0.3, 0.4) is 0 Å². The van der Waals surface area contributed by atoms with Crippen LogP contribution in [-0.2, 0) is 9.53 Å². The van der Waals surface area contributed by atoms with Gasteiger partial charge in [0.05, 0.1) is 6.61 Å². The van der Waals surface area contributed by atoms with Crippen molar-refractivity contribution in [3.05, 3.63) is 43.0 Å². The Labute approximate surface area is 99.7 Å². The summed E-state index contributed by atoms with van der Waals surface area (Å²) >= 11 is 1.56. The largest absolute Gasteiger partial charge is 0.465 e. The molecule has 0 unspecified atom stereocenters. The van der Waals surface area contributed by atoms with Gasteiger partial charge in [0.1, 0.15) is 5.25 Å². The third kappa shape index (κ3) is 2.47. The first kappa shape index (κ1) is 11.3. The van der Waals surface area contributed by atoms with Crippen molar-refractivity contribution < 1.29 is 9.53 Å². The zero-order valence-electron chi connectivity index (χ0n) is 8.96. The highest BCUT2D eigenvalue weighted by Gasteiger charge is 2.32. The van der Waals surface area contributed by atoms with E-state index in [0.717, 1.165) is 11.3 Å². The van der Waals surface area contributed by atoms with Gasteiger partial charge in [-0.25, -0.2) is 0 Å². The van der Waals surface area contributed by atoms with Gasteiger partial charge in [0.2, 0.25) is 0 Å². The van der Waals surface area contributed by atoms with E-state index in [0.29, 0.717) is 6.61 Å². The van der Waals surface area contributed by atoms with Crippen LogP contribution in [-0.4, -0.2) is 17.8 Å². The second-order valence-corrected chi connectivity index (χ2v) is 4.92. The molecule has 16 heavy (non-hydrogen) atoms. The molecule has 1 aliphatic heterocycles. The Bertz CT molecular complexity index is 375. The topological polar surface area (TPSA) is 26.3 Å². The van der Waals surface area contributed by atoms with E-state index in [1.54, 1.807) is 11.8 Å². The van der Waals surface area contributed by atoms with Crippen LogP contribution in [0.1, 0.15) is 6.42 Å². The highest BCUT2D eigenvalue weighted by atomic mass is 32.2. The highest BCUT2D eigenvalue weighted by Crippen LogP contribution is 2.33. The minimum atomic E-state index is -0.145. The first-order valence-electron chi connectivity index (χ1n) is 5.32. The number of esters is 1. The Morgan fingerprint density at radius 2 is 2.12 bits per heavy atom. The van der Waals surface area contributed by atoms with Crippen molar-refractivity contribution in [1.82, 2.24) is 0 Å². The lowest BCUT2D eigenvalue weighted by molar-refractivity contribution is -0.147. The number of thioether (sulfide) groups is 1. The number of allylic oxidation sites excluding steroid dienone is 1. The predicted molar refractivity (Wildman–Crippen MR) is 65.4 cm³/mol. The second kappa shape index (κ2) is 5.21. The number of carbonyl (C=O) groups excluding carboxylic acids is 1. The number of ether oxygens (including phenoxy) is 1. The minimum absolute atomic E-state index is 0.120. The average Bonchev–Trinajstić information content (AvgIpc) is 2.33. The van der Waals surface area contributed by atoms with E-state index in [1.807, 2.05) is 36.4 Å². The zero-order valence-corrected chi connectivity index (χ0v) is 9.78. The molecule has 2 rings (SSSR count). The molecule has 1 heterocycles. The SMILES string of the molecule is C=C[C@H]1CCOC(=O)[C@H]1Sc1ccccc1. The fourth-order valence-corrected chi connectivity index (χ4v) is 2.92. The maximum Gasteiger partial charge on any atom is 0.320 e. The fraction of sp³-hybridized carbons (Fsp3) is 0.308. The summed E-state index contributed by atoms with van der Waals surface area (Å²) in [5.74, 6) is 0.0939. The van der Waals surface area contributed by atoms with Gasteiger partial charge in [0, 0.05) is 10.8 Å². The Hall–Kier alpha value is -1.22. The summed E-state index contributed by atoms with van der Waals surface area (Å²) in [7, 11) is 0. The number of hydrogen-bond donors (Lipinski definition) is 0. The third-order valence-corrected chi connectivity index (χ3v) is 3.97. The maximum absolute atomic E-state index is 11.7. The smallest absolute Gasteiger partial charge is 0.320 e. The van der Waals surface area contributed by atoms with E-state index < -0.39 is 0 Å². The third-order valence-electron chi connectivity index (χ3n) is 2.63. The summed E-state index contributed by atoms with van der Waals surface area (Å²) < 4.78 is 5.09. The molecule has 0 amide bonds. The number of cyclic esters (lactones) is 1. The molecule has 2 nitrogen and oxygen atoms in total. The van der Waals surface area contributed by atoms with E-state index in [1.165, 1.54) is 0 Å². The van der Waals surface area contributed by atoms with Gasteiger partial charge < -0.3 is 4.74 Å². The van der Waals surface area contributed by atoms with Gasteiger partial charge in [-0.1, -0.05) is 24.3 Å². The first-order chi connectivity index (χ1) is 7.81. The minimum Gasteiger partial charge on any atom is -0.465 e. The van der Waals surface area contributed by atoms with Crippen LogP contribution in [0.4, 0.5) is 0 Å². The lowest BCUT2D eigenvalue weighted by atomic mass is 10.00.